The van der Waals surface area contributed by atoms with Crippen LogP contribution in [-0.2, 0) is 85.0 Å². The van der Waals surface area contributed by atoms with Crippen LogP contribution in [0.3, 0.4) is 0 Å². The van der Waals surface area contributed by atoms with Crippen LogP contribution in [0.15, 0.2) is 130 Å². The SMILES string of the molecule is O=S(CCONc1ccc(S(=O)(=O)O)c(N=Nc2c(S(=O)(=O)O)cc3cc(Nc4nc(Cl)nc(Nc5cc(S(=O)(=O)O)cc6cc(S(=O)(=O)O)c(N=Nc7ccc(S(=O)(=O)COS(=O)(=O)O)cc7)c(O)c56)n4)ccc3c2O)c1)OCCl. The number of halogens is 2. The lowest BCUT2D eigenvalue weighted by atomic mass is 10.1. The van der Waals surface area contributed by atoms with E-state index in [-0.39, 0.29) is 46.3 Å². The van der Waals surface area contributed by atoms with Crippen LogP contribution in [0.5, 0.6) is 11.5 Å². The molecule has 7 aromatic rings. The Kier molecular flexibility index (Phi) is 18.3. The quantitative estimate of drug-likeness (QED) is 0.0110. The molecule has 33 nitrogen and oxygen atoms in total. The van der Waals surface area contributed by atoms with Crippen molar-refractivity contribution in [1.29, 1.82) is 0 Å². The first-order chi connectivity index (χ1) is 37.6. The third-order valence-corrected chi connectivity index (χ3v) is 16.9. The summed E-state index contributed by atoms with van der Waals surface area (Å²) in [5.74, 6) is -4.74. The highest BCUT2D eigenvalue weighted by Crippen LogP contribution is 2.47. The van der Waals surface area contributed by atoms with Gasteiger partial charge < -0.3 is 20.8 Å². The van der Waals surface area contributed by atoms with Crippen molar-refractivity contribution in [3.05, 3.63) is 90.2 Å². The first kappa shape index (κ1) is 61.8. The Morgan fingerprint density at radius 3 is 1.79 bits per heavy atom. The monoisotopic (exact) mass is 1300 g/mol. The number of azo groups is 2. The number of sulfone groups is 1. The molecule has 0 amide bonds. The molecule has 0 aliphatic rings. The number of alkyl halides is 1. The van der Waals surface area contributed by atoms with Crippen molar-refractivity contribution in [1.82, 2.24) is 15.0 Å². The molecule has 0 aliphatic heterocycles. The van der Waals surface area contributed by atoms with Gasteiger partial charge in [-0.2, -0.15) is 62.2 Å². The smallest absolute Gasteiger partial charge is 0.398 e. The number of hydrogen-bond donors (Lipinski definition) is 10. The van der Waals surface area contributed by atoms with Crippen LogP contribution >= 0.6 is 23.2 Å². The number of fused-ring (bicyclic) bond motifs is 2. The summed E-state index contributed by atoms with van der Waals surface area (Å²) in [5, 5.41) is 41.2. The zero-order valence-corrected chi connectivity index (χ0v) is 46.5. The normalized spacial score (nSPS) is 13.3. The molecule has 0 saturated heterocycles. The summed E-state index contributed by atoms with van der Waals surface area (Å²) < 4.78 is 216. The van der Waals surface area contributed by atoms with Crippen LogP contribution in [0.2, 0.25) is 5.28 Å². The summed E-state index contributed by atoms with van der Waals surface area (Å²) in [6.07, 6.45) is 0. The maximum absolute atomic E-state index is 12.7. The van der Waals surface area contributed by atoms with E-state index in [1.165, 1.54) is 18.2 Å². The fraction of sp³-hybridized carbons (Fsp3) is 0.103. The molecular weight excluding hydrogens is 1270 g/mol. The lowest BCUT2D eigenvalue weighted by Gasteiger charge is -2.15. The molecule has 10 N–H and O–H groups in total. The third kappa shape index (κ3) is 15.6. The molecule has 0 bridgehead atoms. The average molecular weight is 1300 g/mol. The highest BCUT2D eigenvalue weighted by Gasteiger charge is 2.28. The summed E-state index contributed by atoms with van der Waals surface area (Å²) in [5.41, 5.74) is -0.982. The van der Waals surface area contributed by atoms with Gasteiger partial charge in [0.25, 0.3) is 40.5 Å². The Morgan fingerprint density at radius 2 is 1.19 bits per heavy atom. The van der Waals surface area contributed by atoms with Crippen molar-refractivity contribution in [2.45, 2.75) is 24.5 Å². The van der Waals surface area contributed by atoms with Crippen molar-refractivity contribution < 1.29 is 101 Å². The number of nitrogens with one attached hydrogen (secondary N) is 3. The zero-order chi connectivity index (χ0) is 59.6. The molecule has 432 valence electrons. The van der Waals surface area contributed by atoms with Gasteiger partial charge in [-0.25, -0.2) is 16.8 Å². The molecule has 81 heavy (non-hydrogen) atoms. The van der Waals surface area contributed by atoms with Gasteiger partial charge in [-0.15, -0.1) is 15.3 Å². The number of hydrogen-bond acceptors (Lipinski definition) is 28. The number of aromatic nitrogens is 3. The van der Waals surface area contributed by atoms with E-state index < -0.39 is 164 Å². The standard InChI is InChI=1S/C39H32Cl2N10O23S7/c40-17-73-75(54)10-9-72-51-23-4-8-29(78(60,61)62)27(15-23)48-50-33-30(79(63,64)65)13-19-11-22(3-7-26(19)35(33)52)42-38-44-37(41)45-39(46-38)43-28-16-25(77(57,58)59)12-20-14-31(80(66,67)68)34(36(53)32(20)28)49-47-21-1-5-24(6-2-21)76(55,56)18-74-81(69,70)71/h1-8,11-16,51-53H,9-10,17-18H2,(H,57,58,59)(H,60,61,62)(H,63,64,65)(H,66,67,68)(H,69,70,71)(H2,42,43,44,45,46). The molecule has 0 aliphatic carbocycles. The molecule has 42 heteroatoms. The fourth-order valence-corrected chi connectivity index (χ4v) is 11.8. The summed E-state index contributed by atoms with van der Waals surface area (Å²) >= 11 is 9.78. The molecule has 1 heterocycles. The van der Waals surface area contributed by atoms with Gasteiger partial charge in [0.1, 0.15) is 37.8 Å². The predicted octanol–water partition coefficient (Wildman–Crippen LogP) is 6.32. The van der Waals surface area contributed by atoms with Crippen LogP contribution in [0.1, 0.15) is 0 Å². The second kappa shape index (κ2) is 23.9. The van der Waals surface area contributed by atoms with Gasteiger partial charge in [-0.1, -0.05) is 11.6 Å². The molecule has 0 saturated carbocycles. The number of phenolic OH excluding ortho intramolecular Hbond substituents is 2. The molecule has 6 aromatic carbocycles. The van der Waals surface area contributed by atoms with Crippen molar-refractivity contribution in [2.24, 2.45) is 20.5 Å². The third-order valence-electron chi connectivity index (χ3n) is 10.2. The maximum Gasteiger partial charge on any atom is 0.398 e. The Hall–Kier alpha value is -6.84. The van der Waals surface area contributed by atoms with E-state index in [0.29, 0.717) is 18.2 Å². The van der Waals surface area contributed by atoms with Crippen molar-refractivity contribution >= 4 is 168 Å². The molecular formula is C39H32Cl2N10O23S7. The maximum atomic E-state index is 12.7. The van der Waals surface area contributed by atoms with Gasteiger partial charge in [-0.3, -0.25) is 37.3 Å². The molecule has 7 rings (SSSR count). The number of aromatic hydroxyl groups is 2. The molecule has 1 atom stereocenters. The summed E-state index contributed by atoms with van der Waals surface area (Å²) in [6.45, 7) is -0.219. The molecule has 0 radical (unpaired) electrons. The highest BCUT2D eigenvalue weighted by molar-refractivity contribution is 7.92. The Bertz CT molecular complexity index is 4490. The van der Waals surface area contributed by atoms with Crippen LogP contribution in [0.4, 0.5) is 51.7 Å². The summed E-state index contributed by atoms with van der Waals surface area (Å²) in [6, 6.07) is 12.8. The van der Waals surface area contributed by atoms with Crippen LogP contribution in [-0.4, -0.2) is 127 Å². The second-order valence-electron chi connectivity index (χ2n) is 15.6. The summed E-state index contributed by atoms with van der Waals surface area (Å²) in [7, 11) is -30.5. The molecule has 0 spiro atoms. The van der Waals surface area contributed by atoms with E-state index in [2.05, 4.69) is 59.9 Å². The van der Waals surface area contributed by atoms with Crippen LogP contribution in [0, 0.1) is 0 Å². The van der Waals surface area contributed by atoms with Crippen LogP contribution in [0.25, 0.3) is 21.5 Å². The van der Waals surface area contributed by atoms with E-state index >= 15 is 0 Å². The first-order valence-corrected chi connectivity index (χ1v) is 31.9. The largest absolute Gasteiger partial charge is 0.505 e. The number of nitrogens with zero attached hydrogens (tertiary/aromatic N) is 7. The minimum atomic E-state index is -5.39. The zero-order valence-electron chi connectivity index (χ0n) is 39.3. The fourth-order valence-electron chi connectivity index (χ4n) is 6.79. The lowest BCUT2D eigenvalue weighted by Crippen LogP contribution is -2.14. The van der Waals surface area contributed by atoms with Crippen molar-refractivity contribution in [3.63, 3.8) is 0 Å². The number of anilines is 5. The second-order valence-corrected chi connectivity index (χ2v) is 26.0. The number of rotatable bonds is 23. The average Bonchev–Trinajstić information content (AvgIpc) is 3.44. The van der Waals surface area contributed by atoms with Crippen LogP contribution < -0.4 is 16.1 Å². The van der Waals surface area contributed by atoms with E-state index in [1.807, 2.05) is 0 Å². The summed E-state index contributed by atoms with van der Waals surface area (Å²) in [4.78, 5) is 12.6. The van der Waals surface area contributed by atoms with E-state index in [4.69, 9.17) is 32.6 Å². The van der Waals surface area contributed by atoms with Gasteiger partial charge in [0.05, 0.1) is 39.2 Å². The Balaban J connectivity index is 1.23. The van der Waals surface area contributed by atoms with Gasteiger partial charge in [-0.05, 0) is 107 Å². The van der Waals surface area contributed by atoms with Crippen molar-refractivity contribution in [3.8, 4) is 11.5 Å². The van der Waals surface area contributed by atoms with Gasteiger partial charge in [0, 0.05) is 16.5 Å². The Morgan fingerprint density at radius 1 is 0.593 bits per heavy atom. The van der Waals surface area contributed by atoms with Gasteiger partial charge in [0.15, 0.2) is 28.5 Å². The molecule has 0 fully saturated rings. The molecule has 1 aromatic heterocycles. The minimum absolute atomic E-state index is 0.0143. The lowest BCUT2D eigenvalue weighted by molar-refractivity contribution is 0.210. The van der Waals surface area contributed by atoms with E-state index in [1.54, 1.807) is 0 Å². The number of benzene rings is 6. The van der Waals surface area contributed by atoms with Gasteiger partial charge in [0.2, 0.25) is 27.0 Å². The topological polar surface area (TPSA) is 515 Å². The van der Waals surface area contributed by atoms with Gasteiger partial charge >= 0.3 is 10.4 Å². The number of phenols is 2. The van der Waals surface area contributed by atoms with E-state index in [9.17, 15) is 83.1 Å². The Labute approximate surface area is 468 Å². The highest BCUT2D eigenvalue weighted by atomic mass is 35.5. The predicted molar refractivity (Wildman–Crippen MR) is 282 cm³/mol. The van der Waals surface area contributed by atoms with Crippen molar-refractivity contribution in [2.75, 3.05) is 40.5 Å². The first-order valence-electron chi connectivity index (χ1n) is 21.0. The van der Waals surface area contributed by atoms with E-state index in [0.717, 1.165) is 48.5 Å². The minimum Gasteiger partial charge on any atom is -0.505 e. The molecule has 1 unspecified atom stereocenters.